The van der Waals surface area contributed by atoms with Crippen LogP contribution in [0.1, 0.15) is 50.3 Å². The Bertz CT molecular complexity index is 968. The topological polar surface area (TPSA) is 70.8 Å². The van der Waals surface area contributed by atoms with E-state index in [0.717, 1.165) is 36.3 Å². The molecule has 2 aromatic rings. The molecule has 0 bridgehead atoms. The fraction of sp³-hybridized carbons (Fsp3) is 0.435. The summed E-state index contributed by atoms with van der Waals surface area (Å²) >= 11 is 0. The van der Waals surface area contributed by atoms with Gasteiger partial charge >= 0.3 is 0 Å². The molecule has 2 aliphatic heterocycles. The van der Waals surface area contributed by atoms with Crippen LogP contribution in [-0.4, -0.2) is 39.5 Å². The molecule has 30 heavy (non-hydrogen) atoms. The monoisotopic (exact) mass is 405 g/mol. The molecule has 7 heteroatoms. The largest absolute Gasteiger partial charge is 0.343 e. The van der Waals surface area contributed by atoms with Crippen LogP contribution in [0.2, 0.25) is 0 Å². The quantitative estimate of drug-likeness (QED) is 0.643. The average molecular weight is 405 g/mol. The van der Waals surface area contributed by atoms with Crippen LogP contribution in [0.25, 0.3) is 11.3 Å². The van der Waals surface area contributed by atoms with E-state index in [1.165, 1.54) is 12.1 Å². The molecule has 0 radical (unpaired) electrons. The Balaban J connectivity index is 1.30. The van der Waals surface area contributed by atoms with E-state index in [2.05, 4.69) is 21.1 Å². The van der Waals surface area contributed by atoms with Crippen molar-refractivity contribution in [2.45, 2.75) is 50.1 Å². The van der Waals surface area contributed by atoms with E-state index < -0.39 is 5.66 Å². The van der Waals surface area contributed by atoms with Crippen molar-refractivity contribution < 1.29 is 9.18 Å². The molecule has 0 N–H and O–H groups in total. The summed E-state index contributed by atoms with van der Waals surface area (Å²) in [6.07, 6.45) is 11.1. The zero-order valence-corrected chi connectivity index (χ0v) is 16.8. The molecule has 0 unspecified atom stereocenters. The van der Waals surface area contributed by atoms with Crippen molar-refractivity contribution in [2.24, 2.45) is 10.2 Å². The number of terminal acetylenes is 1. The van der Waals surface area contributed by atoms with Crippen LogP contribution < -0.4 is 0 Å². The Labute approximate surface area is 175 Å². The molecule has 6 nitrogen and oxygen atoms in total. The zero-order valence-electron chi connectivity index (χ0n) is 16.8. The van der Waals surface area contributed by atoms with Gasteiger partial charge in [0.25, 0.3) is 0 Å². The van der Waals surface area contributed by atoms with Crippen LogP contribution in [0.3, 0.4) is 0 Å². The van der Waals surface area contributed by atoms with Gasteiger partial charge in [-0.25, -0.2) is 14.4 Å². The molecular weight excluding hydrogens is 381 g/mol. The van der Waals surface area contributed by atoms with Gasteiger partial charge in [-0.2, -0.15) is 10.2 Å². The van der Waals surface area contributed by atoms with Crippen LogP contribution in [0, 0.1) is 18.2 Å². The highest BCUT2D eigenvalue weighted by Crippen LogP contribution is 2.38. The number of rotatable bonds is 7. The third-order valence-electron chi connectivity index (χ3n) is 5.82. The van der Waals surface area contributed by atoms with E-state index in [-0.39, 0.29) is 17.6 Å². The highest BCUT2D eigenvalue weighted by Gasteiger charge is 2.39. The molecule has 0 atom stereocenters. The van der Waals surface area contributed by atoms with Gasteiger partial charge in [-0.1, -0.05) is 0 Å². The van der Waals surface area contributed by atoms with E-state index in [0.29, 0.717) is 32.4 Å². The van der Waals surface area contributed by atoms with Gasteiger partial charge in [-0.05, 0) is 43.2 Å². The number of aromatic nitrogens is 2. The lowest BCUT2D eigenvalue weighted by Crippen LogP contribution is -2.38. The highest BCUT2D eigenvalue weighted by molar-refractivity contribution is 5.76. The molecule has 1 aromatic heterocycles. The Morgan fingerprint density at radius 3 is 2.57 bits per heavy atom. The normalized spacial score (nSPS) is 17.5. The van der Waals surface area contributed by atoms with Crippen LogP contribution in [0.5, 0.6) is 0 Å². The van der Waals surface area contributed by atoms with Crippen molar-refractivity contribution in [3.8, 4) is 23.6 Å². The highest BCUT2D eigenvalue weighted by atomic mass is 19.1. The minimum Gasteiger partial charge on any atom is -0.343 e. The number of likely N-dealkylation sites (tertiary alicyclic amines) is 1. The lowest BCUT2D eigenvalue weighted by molar-refractivity contribution is -0.132. The van der Waals surface area contributed by atoms with Crippen LogP contribution >= 0.6 is 0 Å². The van der Waals surface area contributed by atoms with Gasteiger partial charge in [0.2, 0.25) is 5.91 Å². The van der Waals surface area contributed by atoms with Crippen LogP contribution in [-0.2, 0) is 4.79 Å². The second-order valence-electron chi connectivity index (χ2n) is 7.85. The first-order chi connectivity index (χ1) is 14.6. The third kappa shape index (κ3) is 4.70. The molecule has 1 aromatic carbocycles. The summed E-state index contributed by atoms with van der Waals surface area (Å²) in [7, 11) is 0. The fourth-order valence-electron chi connectivity index (χ4n) is 3.87. The van der Waals surface area contributed by atoms with Crippen LogP contribution in [0.4, 0.5) is 4.39 Å². The number of carbonyl (C=O) groups excluding carboxylic acids is 1. The van der Waals surface area contributed by atoms with Crippen molar-refractivity contribution in [3.05, 3.63) is 48.2 Å². The number of carbonyl (C=O) groups is 1. The summed E-state index contributed by atoms with van der Waals surface area (Å²) in [6.45, 7) is 1.39. The second-order valence-corrected chi connectivity index (χ2v) is 7.85. The van der Waals surface area contributed by atoms with Gasteiger partial charge in [-0.3, -0.25) is 4.79 Å². The predicted molar refractivity (Wildman–Crippen MR) is 111 cm³/mol. The Kier molecular flexibility index (Phi) is 5.84. The molecule has 2 aliphatic rings. The molecule has 1 fully saturated rings. The van der Waals surface area contributed by atoms with Crippen LogP contribution in [0.15, 0.2) is 46.8 Å². The lowest BCUT2D eigenvalue weighted by Gasteiger charge is -2.31. The Morgan fingerprint density at radius 1 is 1.17 bits per heavy atom. The minimum atomic E-state index is -0.408. The average Bonchev–Trinajstić information content (AvgIpc) is 3.57. The second kappa shape index (κ2) is 8.70. The number of hydrogen-bond donors (Lipinski definition) is 0. The molecule has 0 saturated carbocycles. The fourth-order valence-corrected chi connectivity index (χ4v) is 3.87. The maximum atomic E-state index is 13.2. The molecule has 1 amide bonds. The van der Waals surface area contributed by atoms with E-state index in [1.54, 1.807) is 18.3 Å². The maximum absolute atomic E-state index is 13.2. The van der Waals surface area contributed by atoms with Gasteiger partial charge in [-0.15, -0.1) is 12.3 Å². The minimum absolute atomic E-state index is 0.145. The van der Waals surface area contributed by atoms with Crippen molar-refractivity contribution in [1.82, 2.24) is 14.9 Å². The molecule has 0 aliphatic carbocycles. The van der Waals surface area contributed by atoms with Gasteiger partial charge in [0, 0.05) is 56.5 Å². The molecule has 154 valence electrons. The van der Waals surface area contributed by atoms with Gasteiger partial charge in [0.1, 0.15) is 11.6 Å². The summed E-state index contributed by atoms with van der Waals surface area (Å²) in [6, 6.07) is 8.13. The van der Waals surface area contributed by atoms with Crippen molar-refractivity contribution in [1.29, 1.82) is 0 Å². The predicted octanol–water partition coefficient (Wildman–Crippen LogP) is 4.34. The van der Waals surface area contributed by atoms with Crippen molar-refractivity contribution >= 4 is 5.91 Å². The molecule has 1 saturated heterocycles. The number of nitrogens with zero attached hydrogens (tertiary/aromatic N) is 5. The van der Waals surface area contributed by atoms with Gasteiger partial charge in [0.05, 0.1) is 5.69 Å². The summed E-state index contributed by atoms with van der Waals surface area (Å²) < 4.78 is 13.2. The first-order valence-electron chi connectivity index (χ1n) is 10.3. The van der Waals surface area contributed by atoms with Crippen molar-refractivity contribution in [3.63, 3.8) is 0 Å². The van der Waals surface area contributed by atoms with E-state index in [9.17, 15) is 9.18 Å². The molecule has 0 spiro atoms. The number of amides is 1. The first kappa shape index (κ1) is 20.1. The molecule has 3 heterocycles. The Morgan fingerprint density at radius 2 is 1.90 bits per heavy atom. The van der Waals surface area contributed by atoms with E-state index >= 15 is 0 Å². The van der Waals surface area contributed by atoms with Gasteiger partial charge < -0.3 is 4.90 Å². The smallest absolute Gasteiger partial charge is 0.222 e. The summed E-state index contributed by atoms with van der Waals surface area (Å²) in [5, 5.41) is 8.20. The van der Waals surface area contributed by atoms with Crippen molar-refractivity contribution in [2.75, 3.05) is 13.1 Å². The van der Waals surface area contributed by atoms with E-state index in [1.807, 2.05) is 11.0 Å². The Hall–Kier alpha value is -3.14. The summed E-state index contributed by atoms with van der Waals surface area (Å²) in [5.41, 5.74) is 1.24. The maximum Gasteiger partial charge on any atom is 0.222 e. The zero-order chi connectivity index (χ0) is 21.0. The number of piperidine rings is 1. The van der Waals surface area contributed by atoms with E-state index in [4.69, 9.17) is 11.4 Å². The number of benzene rings is 1. The molecule has 4 rings (SSSR count). The molecular formula is C23H24FN5O. The summed E-state index contributed by atoms with van der Waals surface area (Å²) in [4.78, 5) is 23.7. The first-order valence-corrected chi connectivity index (χ1v) is 10.3. The van der Waals surface area contributed by atoms with Gasteiger partial charge in [0.15, 0.2) is 5.66 Å². The lowest BCUT2D eigenvalue weighted by atomic mass is 9.95. The standard InChI is InChI=1S/C23H24FN5O/c1-2-3-12-23(27-28-23)13-8-21(30)29-15-10-18(11-16-29)22-25-14-9-20(26-22)17-4-6-19(24)7-5-17/h1,4-7,9,14,18H,3,8,10-13,15-16H2. The third-order valence-corrected chi connectivity index (χ3v) is 5.82. The number of hydrogen-bond acceptors (Lipinski definition) is 5. The SMILES string of the molecule is C#CCCC1(CCC(=O)N2CCC(c3nccc(-c4ccc(F)cc4)n3)CC2)N=N1. The summed E-state index contributed by atoms with van der Waals surface area (Å²) in [5.74, 6) is 3.48. The number of halogens is 1.